The Labute approximate surface area is 381 Å². The highest BCUT2D eigenvalue weighted by molar-refractivity contribution is 5.71. The van der Waals surface area contributed by atoms with E-state index in [1.807, 2.05) is 30.4 Å². The van der Waals surface area contributed by atoms with Gasteiger partial charge in [-0.15, -0.1) is 0 Å². The number of unbranched alkanes of at least 4 members (excludes halogenated alkanes) is 21. The minimum absolute atomic E-state index is 0.104. The first-order valence-electron chi connectivity index (χ1n) is 25.3. The summed E-state index contributed by atoms with van der Waals surface area (Å²) in [4.78, 5) is 37.9. The van der Waals surface area contributed by atoms with Crippen molar-refractivity contribution in [2.75, 3.05) is 13.2 Å². The third-order valence-electron chi connectivity index (χ3n) is 10.4. The first kappa shape index (κ1) is 58.3. The van der Waals surface area contributed by atoms with Gasteiger partial charge in [-0.1, -0.05) is 208 Å². The Morgan fingerprint density at radius 3 is 1.21 bits per heavy atom. The van der Waals surface area contributed by atoms with Crippen LogP contribution in [-0.2, 0) is 28.6 Å². The summed E-state index contributed by atoms with van der Waals surface area (Å²) in [7, 11) is 0. The molecule has 0 saturated heterocycles. The lowest BCUT2D eigenvalue weighted by Gasteiger charge is -2.18. The topological polar surface area (TPSA) is 78.9 Å². The second kappa shape index (κ2) is 50.0. The fraction of sp³-hybridized carbons (Fsp3) is 0.661. The monoisotopic (exact) mass is 861 g/mol. The van der Waals surface area contributed by atoms with Gasteiger partial charge in [0.25, 0.3) is 0 Å². The van der Waals surface area contributed by atoms with Crippen LogP contribution in [-0.4, -0.2) is 37.2 Å². The van der Waals surface area contributed by atoms with Gasteiger partial charge < -0.3 is 14.2 Å². The van der Waals surface area contributed by atoms with E-state index in [1.165, 1.54) is 83.5 Å². The predicted molar refractivity (Wildman–Crippen MR) is 265 cm³/mol. The number of carbonyl (C=O) groups excluding carboxylic acids is 3. The van der Waals surface area contributed by atoms with Gasteiger partial charge in [-0.05, 0) is 89.9 Å². The fourth-order valence-electron chi connectivity index (χ4n) is 6.56. The summed E-state index contributed by atoms with van der Waals surface area (Å²) in [6.07, 6.45) is 65.3. The molecule has 0 aliphatic rings. The number of allylic oxidation sites excluding steroid dienone is 16. The summed E-state index contributed by atoms with van der Waals surface area (Å²) >= 11 is 0. The van der Waals surface area contributed by atoms with E-state index in [1.54, 1.807) is 0 Å². The molecule has 0 aliphatic carbocycles. The number of ether oxygens (including phenoxy) is 3. The minimum Gasteiger partial charge on any atom is -0.462 e. The maximum atomic E-state index is 12.8. The van der Waals surface area contributed by atoms with Gasteiger partial charge in [-0.2, -0.15) is 0 Å². The summed E-state index contributed by atoms with van der Waals surface area (Å²) < 4.78 is 16.7. The number of rotatable bonds is 44. The lowest BCUT2D eigenvalue weighted by Crippen LogP contribution is -2.30. The lowest BCUT2D eigenvalue weighted by atomic mass is 10.1. The van der Waals surface area contributed by atoms with Crippen LogP contribution in [0.3, 0.4) is 0 Å². The summed E-state index contributed by atoms with van der Waals surface area (Å²) in [5.74, 6) is -0.976. The van der Waals surface area contributed by atoms with E-state index in [-0.39, 0.29) is 31.1 Å². The Morgan fingerprint density at radius 1 is 0.339 bits per heavy atom. The zero-order chi connectivity index (χ0) is 45.1. The van der Waals surface area contributed by atoms with Gasteiger partial charge in [-0.3, -0.25) is 14.4 Å². The molecule has 0 aromatic rings. The van der Waals surface area contributed by atoms with E-state index >= 15 is 0 Å². The van der Waals surface area contributed by atoms with Crippen LogP contribution in [0.5, 0.6) is 0 Å². The maximum absolute atomic E-state index is 12.8. The van der Waals surface area contributed by atoms with E-state index in [0.717, 1.165) is 89.9 Å². The molecule has 1 atom stereocenters. The lowest BCUT2D eigenvalue weighted by molar-refractivity contribution is -0.167. The molecule has 0 heterocycles. The van der Waals surface area contributed by atoms with Crippen LogP contribution in [0.1, 0.15) is 220 Å². The van der Waals surface area contributed by atoms with E-state index in [0.29, 0.717) is 25.7 Å². The molecule has 0 amide bonds. The Morgan fingerprint density at radius 2 is 0.694 bits per heavy atom. The van der Waals surface area contributed by atoms with Crippen molar-refractivity contribution in [1.82, 2.24) is 0 Å². The predicted octanol–water partition coefficient (Wildman–Crippen LogP) is 16.6. The van der Waals surface area contributed by atoms with Crippen molar-refractivity contribution in [2.45, 2.75) is 226 Å². The Balaban J connectivity index is 4.44. The van der Waals surface area contributed by atoms with Crippen molar-refractivity contribution in [2.24, 2.45) is 0 Å². The summed E-state index contributed by atoms with van der Waals surface area (Å²) in [5, 5.41) is 0. The number of hydrogen-bond acceptors (Lipinski definition) is 6. The van der Waals surface area contributed by atoms with Gasteiger partial charge in [0.05, 0.1) is 0 Å². The molecular weight excluding hydrogens is 769 g/mol. The van der Waals surface area contributed by atoms with E-state index in [4.69, 9.17) is 14.2 Å². The number of esters is 3. The minimum atomic E-state index is -0.803. The van der Waals surface area contributed by atoms with E-state index in [2.05, 4.69) is 87.6 Å². The molecule has 0 N–H and O–H groups in total. The Hall–Kier alpha value is -3.67. The van der Waals surface area contributed by atoms with E-state index in [9.17, 15) is 14.4 Å². The average Bonchev–Trinajstić information content (AvgIpc) is 3.27. The molecule has 1 unspecified atom stereocenters. The van der Waals surface area contributed by atoms with Crippen molar-refractivity contribution in [3.63, 3.8) is 0 Å². The Kier molecular flexibility index (Phi) is 47.0. The smallest absolute Gasteiger partial charge is 0.306 e. The molecule has 6 nitrogen and oxygen atoms in total. The first-order chi connectivity index (χ1) is 30.5. The SMILES string of the molecule is CCC\C=C/C=C\C=C/C=C\C=C/CCCCCCCC(=O)OCC(COC(=O)CCC/C=C\CCCCCC)OC(=O)CCCCCCCCC/C=C\C/C=C\CCCCC. The van der Waals surface area contributed by atoms with Crippen LogP contribution < -0.4 is 0 Å². The van der Waals surface area contributed by atoms with Gasteiger partial charge in [0.2, 0.25) is 0 Å². The third kappa shape index (κ3) is 47.4. The molecule has 0 rings (SSSR count). The zero-order valence-electron chi connectivity index (χ0n) is 40.1. The summed E-state index contributed by atoms with van der Waals surface area (Å²) in [6, 6.07) is 0. The Bertz CT molecular complexity index is 1260. The van der Waals surface area contributed by atoms with Gasteiger partial charge in [0, 0.05) is 19.3 Å². The van der Waals surface area contributed by atoms with Crippen molar-refractivity contribution in [3.8, 4) is 0 Å². The highest BCUT2D eigenvalue weighted by atomic mass is 16.6. The quantitative estimate of drug-likeness (QED) is 0.0200. The van der Waals surface area contributed by atoms with Crippen molar-refractivity contribution >= 4 is 17.9 Å². The largest absolute Gasteiger partial charge is 0.462 e. The van der Waals surface area contributed by atoms with Gasteiger partial charge in [-0.25, -0.2) is 0 Å². The average molecular weight is 861 g/mol. The second-order valence-electron chi connectivity index (χ2n) is 16.5. The molecule has 0 fully saturated rings. The van der Waals surface area contributed by atoms with Gasteiger partial charge in [0.1, 0.15) is 13.2 Å². The van der Waals surface area contributed by atoms with Crippen LogP contribution in [0.15, 0.2) is 97.2 Å². The highest BCUT2D eigenvalue weighted by Gasteiger charge is 2.19. The molecule has 0 saturated carbocycles. The van der Waals surface area contributed by atoms with Crippen LogP contribution in [0.2, 0.25) is 0 Å². The molecule has 62 heavy (non-hydrogen) atoms. The zero-order valence-corrected chi connectivity index (χ0v) is 40.1. The molecule has 0 aliphatic heterocycles. The molecule has 0 spiro atoms. The van der Waals surface area contributed by atoms with Crippen LogP contribution in [0.4, 0.5) is 0 Å². The van der Waals surface area contributed by atoms with Crippen LogP contribution in [0.25, 0.3) is 0 Å². The molecule has 0 aromatic carbocycles. The molecule has 0 aromatic heterocycles. The van der Waals surface area contributed by atoms with Crippen molar-refractivity contribution in [3.05, 3.63) is 97.2 Å². The van der Waals surface area contributed by atoms with Crippen molar-refractivity contribution in [1.29, 1.82) is 0 Å². The molecular formula is C56H92O6. The summed E-state index contributed by atoms with van der Waals surface area (Å²) in [5.41, 5.74) is 0. The molecule has 0 bridgehead atoms. The van der Waals surface area contributed by atoms with Crippen LogP contribution in [0, 0.1) is 0 Å². The fourth-order valence-corrected chi connectivity index (χ4v) is 6.56. The highest BCUT2D eigenvalue weighted by Crippen LogP contribution is 2.13. The van der Waals surface area contributed by atoms with Crippen molar-refractivity contribution < 1.29 is 28.6 Å². The second-order valence-corrected chi connectivity index (χ2v) is 16.5. The van der Waals surface area contributed by atoms with Crippen LogP contribution >= 0.6 is 0 Å². The summed E-state index contributed by atoms with van der Waals surface area (Å²) in [6.45, 7) is 6.42. The van der Waals surface area contributed by atoms with Gasteiger partial charge >= 0.3 is 17.9 Å². The number of carbonyl (C=O) groups is 3. The standard InChI is InChI=1S/C56H92O6/c1-4-7-10-13-16-19-21-23-25-27-29-30-32-34-37-40-43-46-49-55(58)61-52-53(51-60-54(57)48-45-42-39-36-18-15-12-9-6-3)62-56(59)50-47-44-41-38-35-33-31-28-26-24-22-20-17-14-11-8-5-2/h10,13,16-17,19-21,23-27,29-30,36,39,53H,4-9,11-12,14-15,18,22,28,31-35,37-38,40-52H2,1-3H3/b13-10-,19-16-,20-17-,23-21-,26-24-,27-25-,30-29-,39-36-. The van der Waals surface area contributed by atoms with E-state index < -0.39 is 6.10 Å². The molecule has 352 valence electrons. The first-order valence-corrected chi connectivity index (χ1v) is 25.3. The molecule has 6 heteroatoms. The maximum Gasteiger partial charge on any atom is 0.306 e. The normalized spacial score (nSPS) is 12.9. The van der Waals surface area contributed by atoms with Gasteiger partial charge in [0.15, 0.2) is 6.10 Å². The third-order valence-corrected chi connectivity index (χ3v) is 10.4. The molecule has 0 radical (unpaired) electrons. The number of hydrogen-bond donors (Lipinski definition) is 0.